The van der Waals surface area contributed by atoms with Crippen LogP contribution in [0, 0.1) is 0 Å². The van der Waals surface area contributed by atoms with Gasteiger partial charge in [-0.25, -0.2) is 0 Å². The van der Waals surface area contributed by atoms with E-state index in [-0.39, 0.29) is 5.97 Å². The fourth-order valence-corrected chi connectivity index (χ4v) is 3.89. The molecule has 3 aromatic carbocycles. The van der Waals surface area contributed by atoms with E-state index in [1.165, 1.54) is 5.56 Å². The monoisotopic (exact) mass is 405 g/mol. The van der Waals surface area contributed by atoms with Crippen LogP contribution in [-0.4, -0.2) is 12.5 Å². The van der Waals surface area contributed by atoms with Crippen LogP contribution < -0.4 is 10.1 Å². The predicted octanol–water partition coefficient (Wildman–Crippen LogP) is 6.59. The molecule has 1 N–H and O–H groups in total. The Bertz CT molecular complexity index is 911. The van der Waals surface area contributed by atoms with Gasteiger partial charge in [0.05, 0.1) is 0 Å². The fourth-order valence-electron chi connectivity index (χ4n) is 2.96. The van der Waals surface area contributed by atoms with Gasteiger partial charge in [-0.05, 0) is 61.2 Å². The van der Waals surface area contributed by atoms with Gasteiger partial charge in [0, 0.05) is 28.4 Å². The highest BCUT2D eigenvalue weighted by Crippen LogP contribution is 2.31. The Hall–Kier alpha value is -2.72. The molecule has 0 saturated carbocycles. The van der Waals surface area contributed by atoms with Crippen LogP contribution in [0.3, 0.4) is 0 Å². The minimum atomic E-state index is -0.184. The molecule has 0 radical (unpaired) electrons. The summed E-state index contributed by atoms with van der Waals surface area (Å²) in [5, 5.41) is 3.51. The molecule has 0 heterocycles. The van der Waals surface area contributed by atoms with E-state index in [2.05, 4.69) is 59.9 Å². The molecule has 0 amide bonds. The van der Waals surface area contributed by atoms with Crippen molar-refractivity contribution in [2.45, 2.75) is 42.4 Å². The molecule has 0 fully saturated rings. The summed E-state index contributed by atoms with van der Waals surface area (Å²) in [6.07, 6.45) is 3.39. The highest BCUT2D eigenvalue weighted by atomic mass is 32.2. The van der Waals surface area contributed by atoms with Gasteiger partial charge < -0.3 is 10.1 Å². The Balaban J connectivity index is 1.52. The van der Waals surface area contributed by atoms with Crippen molar-refractivity contribution < 1.29 is 9.53 Å². The van der Waals surface area contributed by atoms with Crippen LogP contribution in [0.4, 0.5) is 5.69 Å². The van der Waals surface area contributed by atoms with Crippen LogP contribution in [0.2, 0.25) is 0 Å². The van der Waals surface area contributed by atoms with E-state index in [1.807, 2.05) is 31.2 Å². The van der Waals surface area contributed by atoms with Gasteiger partial charge in [0.2, 0.25) is 0 Å². The number of ether oxygens (including phenoxy) is 1. The maximum Gasteiger partial charge on any atom is 0.311 e. The zero-order chi connectivity index (χ0) is 20.3. The summed E-state index contributed by atoms with van der Waals surface area (Å²) < 4.78 is 5.39. The first-order chi connectivity index (χ1) is 14.2. The third-order valence-corrected chi connectivity index (χ3v) is 5.35. The summed E-state index contributed by atoms with van der Waals surface area (Å²) in [4.78, 5) is 13.9. The lowest BCUT2D eigenvalue weighted by Crippen LogP contribution is -2.06. The first-order valence-corrected chi connectivity index (χ1v) is 10.9. The summed E-state index contributed by atoms with van der Waals surface area (Å²) in [7, 11) is 0. The second-order valence-corrected chi connectivity index (χ2v) is 7.99. The number of hydrogen-bond acceptors (Lipinski definition) is 4. The molecular formula is C25H27NO2S. The lowest BCUT2D eigenvalue weighted by Gasteiger charge is -2.09. The smallest absolute Gasteiger partial charge is 0.311 e. The minimum absolute atomic E-state index is 0.184. The van der Waals surface area contributed by atoms with E-state index in [9.17, 15) is 4.79 Å². The molecule has 0 aliphatic heterocycles. The minimum Gasteiger partial charge on any atom is -0.426 e. The quantitative estimate of drug-likeness (QED) is 0.235. The van der Waals surface area contributed by atoms with Gasteiger partial charge in [-0.1, -0.05) is 61.2 Å². The highest BCUT2D eigenvalue weighted by molar-refractivity contribution is 7.99. The lowest BCUT2D eigenvalue weighted by molar-refractivity contribution is -0.134. The largest absolute Gasteiger partial charge is 0.426 e. The normalized spacial score (nSPS) is 10.5. The molecule has 0 unspecified atom stereocenters. The van der Waals surface area contributed by atoms with E-state index < -0.39 is 0 Å². The number of esters is 1. The van der Waals surface area contributed by atoms with Crippen molar-refractivity contribution in [1.82, 2.24) is 0 Å². The van der Waals surface area contributed by atoms with Crippen molar-refractivity contribution in [2.24, 2.45) is 0 Å². The summed E-state index contributed by atoms with van der Waals surface area (Å²) in [6.45, 7) is 2.90. The van der Waals surface area contributed by atoms with E-state index >= 15 is 0 Å². The lowest BCUT2D eigenvalue weighted by atomic mass is 10.1. The van der Waals surface area contributed by atoms with E-state index in [0.717, 1.165) is 41.3 Å². The van der Waals surface area contributed by atoms with Crippen LogP contribution in [-0.2, 0) is 11.2 Å². The highest BCUT2D eigenvalue weighted by Gasteiger charge is 2.05. The van der Waals surface area contributed by atoms with Crippen molar-refractivity contribution in [3.8, 4) is 5.75 Å². The first-order valence-electron chi connectivity index (χ1n) is 10.1. The van der Waals surface area contributed by atoms with Crippen molar-refractivity contribution in [2.75, 3.05) is 11.9 Å². The Morgan fingerprint density at radius 1 is 0.931 bits per heavy atom. The third kappa shape index (κ3) is 7.31. The van der Waals surface area contributed by atoms with E-state index in [0.29, 0.717) is 12.2 Å². The molecule has 0 aliphatic rings. The number of nitrogens with one attached hydrogen (secondary N) is 1. The molecule has 0 bridgehead atoms. The van der Waals surface area contributed by atoms with Gasteiger partial charge in [0.25, 0.3) is 0 Å². The molecule has 0 atom stereocenters. The summed E-state index contributed by atoms with van der Waals surface area (Å²) in [6, 6.07) is 26.7. The van der Waals surface area contributed by atoms with Crippen LogP contribution >= 0.6 is 11.8 Å². The summed E-state index contributed by atoms with van der Waals surface area (Å²) in [5.74, 6) is 0.417. The first kappa shape index (κ1) is 21.0. The topological polar surface area (TPSA) is 38.3 Å². The number of anilines is 1. The average molecular weight is 406 g/mol. The molecule has 0 spiro atoms. The zero-order valence-electron chi connectivity index (χ0n) is 16.8. The van der Waals surface area contributed by atoms with Gasteiger partial charge in [0.15, 0.2) is 0 Å². The molecular weight excluding hydrogens is 378 g/mol. The SMILES string of the molecule is CCCC(=O)Oc1cccc(Sc2cccc(NCCCc3ccccc3)c2)c1. The van der Waals surface area contributed by atoms with Crippen LogP contribution in [0.1, 0.15) is 31.7 Å². The maximum atomic E-state index is 11.7. The van der Waals surface area contributed by atoms with Gasteiger partial charge in [-0.3, -0.25) is 4.79 Å². The predicted molar refractivity (Wildman–Crippen MR) is 121 cm³/mol. The zero-order valence-corrected chi connectivity index (χ0v) is 17.6. The maximum absolute atomic E-state index is 11.7. The fraction of sp³-hybridized carbons (Fsp3) is 0.240. The van der Waals surface area contributed by atoms with E-state index in [1.54, 1.807) is 11.8 Å². The summed E-state index contributed by atoms with van der Waals surface area (Å²) in [5.41, 5.74) is 2.49. The molecule has 3 aromatic rings. The molecule has 0 aromatic heterocycles. The standard InChI is InChI=1S/C25H27NO2S/c1-2-9-25(27)28-22-14-7-16-24(19-22)29-23-15-6-13-21(18-23)26-17-8-12-20-10-4-3-5-11-20/h3-7,10-11,13-16,18-19,26H,2,8-9,12,17H2,1H3. The van der Waals surface area contributed by atoms with Crippen molar-refractivity contribution >= 4 is 23.4 Å². The number of carbonyl (C=O) groups excluding carboxylic acids is 1. The molecule has 0 aliphatic carbocycles. The average Bonchev–Trinajstić information content (AvgIpc) is 2.73. The second-order valence-electron chi connectivity index (χ2n) is 6.84. The number of carbonyl (C=O) groups is 1. The van der Waals surface area contributed by atoms with Gasteiger partial charge in [0.1, 0.15) is 5.75 Å². The van der Waals surface area contributed by atoms with Crippen molar-refractivity contribution in [1.29, 1.82) is 0 Å². The molecule has 0 saturated heterocycles. The molecule has 4 heteroatoms. The Morgan fingerprint density at radius 3 is 2.48 bits per heavy atom. The van der Waals surface area contributed by atoms with Crippen LogP contribution in [0.5, 0.6) is 5.75 Å². The van der Waals surface area contributed by atoms with E-state index in [4.69, 9.17) is 4.74 Å². The Kier molecular flexibility index (Phi) is 8.20. The Morgan fingerprint density at radius 2 is 1.69 bits per heavy atom. The Labute approximate surface area is 177 Å². The van der Waals surface area contributed by atoms with Gasteiger partial charge in [-0.2, -0.15) is 0 Å². The van der Waals surface area contributed by atoms with Crippen molar-refractivity contribution in [3.63, 3.8) is 0 Å². The summed E-state index contributed by atoms with van der Waals surface area (Å²) >= 11 is 1.66. The molecule has 3 nitrogen and oxygen atoms in total. The third-order valence-electron chi connectivity index (χ3n) is 4.38. The number of rotatable bonds is 10. The van der Waals surface area contributed by atoms with Crippen LogP contribution in [0.25, 0.3) is 0 Å². The van der Waals surface area contributed by atoms with Gasteiger partial charge in [-0.15, -0.1) is 0 Å². The molecule has 3 rings (SSSR count). The molecule has 150 valence electrons. The van der Waals surface area contributed by atoms with Crippen LogP contribution in [0.15, 0.2) is 88.7 Å². The van der Waals surface area contributed by atoms with Crippen molar-refractivity contribution in [3.05, 3.63) is 84.4 Å². The molecule has 29 heavy (non-hydrogen) atoms. The second kappa shape index (κ2) is 11.3. The number of aryl methyl sites for hydroxylation is 1. The van der Waals surface area contributed by atoms with Gasteiger partial charge >= 0.3 is 5.97 Å². The number of hydrogen-bond donors (Lipinski definition) is 1. The number of benzene rings is 3.